The smallest absolute Gasteiger partial charge is 0.417 e. The average molecular weight is 505 g/mol. The summed E-state index contributed by atoms with van der Waals surface area (Å²) in [6, 6.07) is 21.6. The molecule has 0 saturated carbocycles. The topological polar surface area (TPSA) is 128 Å². The maximum absolute atomic E-state index is 12.3. The number of anilines is 3. The van der Waals surface area contributed by atoms with Gasteiger partial charge in [0.25, 0.3) is 0 Å². The third-order valence-electron chi connectivity index (χ3n) is 5.65. The number of rotatable bonds is 6. The van der Waals surface area contributed by atoms with Crippen molar-refractivity contribution in [2.45, 2.75) is 6.92 Å². The van der Waals surface area contributed by atoms with Crippen molar-refractivity contribution in [3.63, 3.8) is 0 Å². The second-order valence-electron chi connectivity index (χ2n) is 8.31. The number of aryl methyl sites for hydroxylation is 1. The number of hydrogen-bond donors (Lipinski definition) is 2. The summed E-state index contributed by atoms with van der Waals surface area (Å²) < 4.78 is 13.0. The van der Waals surface area contributed by atoms with E-state index < -0.39 is 6.09 Å². The van der Waals surface area contributed by atoms with Crippen LogP contribution < -0.4 is 20.1 Å². The Hall–Kier alpha value is -5.58. The Morgan fingerprint density at radius 3 is 2.63 bits per heavy atom. The maximum atomic E-state index is 12.3. The van der Waals surface area contributed by atoms with Gasteiger partial charge in [-0.15, -0.1) is 10.2 Å². The lowest BCUT2D eigenvalue weighted by Crippen LogP contribution is -2.16. The van der Waals surface area contributed by atoms with Crippen LogP contribution in [0.3, 0.4) is 0 Å². The molecule has 38 heavy (non-hydrogen) atoms. The SMILES string of the molecule is Cc1cc(Nc2ncnc3ccc(NC(=O)Oc4ccccc4)cc23)ccc1Oc1cc2nncn2cn1. The van der Waals surface area contributed by atoms with Crippen molar-refractivity contribution >= 4 is 39.8 Å². The zero-order valence-electron chi connectivity index (χ0n) is 20.1. The standard InChI is InChI=1S/C27H20N8O3/c1-17-11-18(8-10-23(17)38-25-13-24-34-31-16-35(24)15-30-25)32-26-21-12-19(7-9-22(21)28-14-29-26)33-27(36)37-20-5-3-2-4-6-20/h2-16H,1H3,(H,33,36)(H,28,29,32). The molecule has 11 nitrogen and oxygen atoms in total. The largest absolute Gasteiger partial charge is 0.439 e. The van der Waals surface area contributed by atoms with Crippen molar-refractivity contribution in [1.82, 2.24) is 29.5 Å². The monoisotopic (exact) mass is 504 g/mol. The van der Waals surface area contributed by atoms with E-state index in [0.717, 1.165) is 22.2 Å². The summed E-state index contributed by atoms with van der Waals surface area (Å²) >= 11 is 0. The fourth-order valence-electron chi connectivity index (χ4n) is 3.83. The molecule has 3 aromatic heterocycles. The van der Waals surface area contributed by atoms with Gasteiger partial charge >= 0.3 is 6.09 Å². The van der Waals surface area contributed by atoms with Gasteiger partial charge in [-0.3, -0.25) is 9.72 Å². The van der Waals surface area contributed by atoms with Crippen molar-refractivity contribution in [3.8, 4) is 17.4 Å². The second kappa shape index (κ2) is 9.82. The molecule has 0 saturated heterocycles. The van der Waals surface area contributed by atoms with Gasteiger partial charge in [-0.25, -0.2) is 19.7 Å². The van der Waals surface area contributed by atoms with Gasteiger partial charge < -0.3 is 14.8 Å². The molecule has 0 aliphatic rings. The number of hydrogen-bond acceptors (Lipinski definition) is 9. The van der Waals surface area contributed by atoms with Crippen molar-refractivity contribution in [1.29, 1.82) is 0 Å². The molecule has 3 aromatic carbocycles. The Morgan fingerprint density at radius 2 is 1.76 bits per heavy atom. The molecule has 0 atom stereocenters. The Morgan fingerprint density at radius 1 is 0.895 bits per heavy atom. The third-order valence-corrected chi connectivity index (χ3v) is 5.65. The van der Waals surface area contributed by atoms with Gasteiger partial charge in [0, 0.05) is 22.8 Å². The lowest BCUT2D eigenvalue weighted by atomic mass is 10.1. The lowest BCUT2D eigenvalue weighted by molar-refractivity contribution is 0.215. The second-order valence-corrected chi connectivity index (χ2v) is 8.31. The highest BCUT2D eigenvalue weighted by molar-refractivity contribution is 5.96. The van der Waals surface area contributed by atoms with E-state index in [9.17, 15) is 4.79 Å². The first-order valence-electron chi connectivity index (χ1n) is 11.6. The first-order valence-corrected chi connectivity index (χ1v) is 11.6. The molecule has 3 heterocycles. The molecule has 11 heteroatoms. The molecule has 2 N–H and O–H groups in total. The van der Waals surface area contributed by atoms with Crippen LogP contribution in [0.4, 0.5) is 22.0 Å². The number of amides is 1. The van der Waals surface area contributed by atoms with E-state index in [-0.39, 0.29) is 0 Å². The van der Waals surface area contributed by atoms with Crippen LogP contribution in [0.2, 0.25) is 0 Å². The summed E-state index contributed by atoms with van der Waals surface area (Å²) in [5.74, 6) is 2.11. The number of nitrogens with zero attached hydrogens (tertiary/aromatic N) is 6. The molecule has 0 spiro atoms. The quantitative estimate of drug-likeness (QED) is 0.301. The predicted molar refractivity (Wildman–Crippen MR) is 141 cm³/mol. The number of carbonyl (C=O) groups is 1. The summed E-state index contributed by atoms with van der Waals surface area (Å²) in [5.41, 5.74) is 3.60. The van der Waals surface area contributed by atoms with E-state index >= 15 is 0 Å². The van der Waals surface area contributed by atoms with E-state index in [1.54, 1.807) is 59.5 Å². The van der Waals surface area contributed by atoms with Crippen LogP contribution in [-0.4, -0.2) is 35.6 Å². The molecular weight excluding hydrogens is 484 g/mol. The zero-order valence-corrected chi connectivity index (χ0v) is 20.1. The van der Waals surface area contributed by atoms with Gasteiger partial charge in [0.1, 0.15) is 36.3 Å². The summed E-state index contributed by atoms with van der Waals surface area (Å²) in [6.45, 7) is 1.94. The summed E-state index contributed by atoms with van der Waals surface area (Å²) in [7, 11) is 0. The highest BCUT2D eigenvalue weighted by Gasteiger charge is 2.11. The molecule has 1 amide bonds. The van der Waals surface area contributed by atoms with Crippen LogP contribution in [0.1, 0.15) is 5.56 Å². The molecule has 0 unspecified atom stereocenters. The third kappa shape index (κ3) is 4.88. The first-order chi connectivity index (χ1) is 18.6. The van der Waals surface area contributed by atoms with Crippen molar-refractivity contribution < 1.29 is 14.3 Å². The highest BCUT2D eigenvalue weighted by Crippen LogP contribution is 2.30. The molecule has 186 valence electrons. The molecule has 0 fully saturated rings. The fourth-order valence-corrected chi connectivity index (χ4v) is 3.83. The van der Waals surface area contributed by atoms with E-state index in [0.29, 0.717) is 34.5 Å². The number of aromatic nitrogens is 6. The predicted octanol–water partition coefficient (Wildman–Crippen LogP) is 5.52. The minimum Gasteiger partial charge on any atom is -0.439 e. The van der Waals surface area contributed by atoms with Gasteiger partial charge in [-0.05, 0) is 61.0 Å². The normalized spacial score (nSPS) is 10.9. The van der Waals surface area contributed by atoms with Gasteiger partial charge in [0.05, 0.1) is 5.52 Å². The van der Waals surface area contributed by atoms with Crippen LogP contribution in [0.5, 0.6) is 17.4 Å². The number of carbonyl (C=O) groups excluding carboxylic acids is 1. The molecule has 0 aliphatic heterocycles. The van der Waals surface area contributed by atoms with E-state index in [1.165, 1.54) is 6.33 Å². The summed E-state index contributed by atoms with van der Waals surface area (Å²) in [4.78, 5) is 25.4. The van der Waals surface area contributed by atoms with E-state index in [2.05, 4.69) is 35.8 Å². The van der Waals surface area contributed by atoms with Crippen LogP contribution in [0, 0.1) is 6.92 Å². The van der Waals surface area contributed by atoms with Crippen molar-refractivity contribution in [3.05, 3.63) is 97.3 Å². The van der Waals surface area contributed by atoms with Gasteiger partial charge in [0.15, 0.2) is 5.65 Å². The van der Waals surface area contributed by atoms with Crippen LogP contribution >= 0.6 is 0 Å². The summed E-state index contributed by atoms with van der Waals surface area (Å²) in [5, 5.41) is 14.7. The molecule has 0 bridgehead atoms. The molecule has 0 aliphatic carbocycles. The number of para-hydroxylation sites is 1. The van der Waals surface area contributed by atoms with Crippen molar-refractivity contribution in [2.24, 2.45) is 0 Å². The molecular formula is C27H20N8O3. The van der Waals surface area contributed by atoms with E-state index in [1.807, 2.05) is 37.3 Å². The molecule has 6 aromatic rings. The maximum Gasteiger partial charge on any atom is 0.417 e. The Balaban J connectivity index is 1.20. The Kier molecular flexibility index (Phi) is 5.91. The van der Waals surface area contributed by atoms with E-state index in [4.69, 9.17) is 9.47 Å². The van der Waals surface area contributed by atoms with Crippen molar-refractivity contribution in [2.75, 3.05) is 10.6 Å². The average Bonchev–Trinajstić information content (AvgIpc) is 3.39. The lowest BCUT2D eigenvalue weighted by Gasteiger charge is -2.13. The number of ether oxygens (including phenoxy) is 2. The zero-order chi connectivity index (χ0) is 25.9. The van der Waals surface area contributed by atoms with Gasteiger partial charge in [-0.2, -0.15) is 0 Å². The number of nitrogens with one attached hydrogen (secondary N) is 2. The molecule has 6 rings (SSSR count). The van der Waals surface area contributed by atoms with Crippen LogP contribution in [0.15, 0.2) is 91.8 Å². The van der Waals surface area contributed by atoms with Crippen LogP contribution in [0.25, 0.3) is 16.6 Å². The Labute approximate surface area is 216 Å². The number of benzene rings is 3. The van der Waals surface area contributed by atoms with Gasteiger partial charge in [-0.1, -0.05) is 18.2 Å². The minimum atomic E-state index is -0.592. The Bertz CT molecular complexity index is 1770. The van der Waals surface area contributed by atoms with Gasteiger partial charge in [0.2, 0.25) is 5.88 Å². The first kappa shape index (κ1) is 22.9. The number of fused-ring (bicyclic) bond motifs is 2. The minimum absolute atomic E-state index is 0.418. The fraction of sp³-hybridized carbons (Fsp3) is 0.0370. The highest BCUT2D eigenvalue weighted by atomic mass is 16.6. The molecule has 0 radical (unpaired) electrons. The summed E-state index contributed by atoms with van der Waals surface area (Å²) in [6.07, 6.45) is 4.06. The van der Waals surface area contributed by atoms with Crippen LogP contribution in [-0.2, 0) is 0 Å².